The number of hydrogen-bond donors (Lipinski definition) is 1. The van der Waals surface area contributed by atoms with Gasteiger partial charge in [0.05, 0.1) is 5.41 Å². The number of rotatable bonds is 0. The van der Waals surface area contributed by atoms with E-state index in [-0.39, 0.29) is 5.97 Å². The summed E-state index contributed by atoms with van der Waals surface area (Å²) in [4.78, 5) is 11.1. The van der Waals surface area contributed by atoms with Crippen molar-refractivity contribution in [1.82, 2.24) is 0 Å². The van der Waals surface area contributed by atoms with Gasteiger partial charge in [-0.3, -0.25) is 4.79 Å². The number of esters is 1. The van der Waals surface area contributed by atoms with Crippen molar-refractivity contribution in [2.75, 3.05) is 0 Å². The molecule has 0 aromatic heterocycles. The second-order valence-corrected chi connectivity index (χ2v) is 4.12. The predicted molar refractivity (Wildman–Crippen MR) is 40.0 cm³/mol. The lowest BCUT2D eigenvalue weighted by atomic mass is 9.82. The van der Waals surface area contributed by atoms with Gasteiger partial charge in [-0.15, -0.1) is 0 Å². The van der Waals surface area contributed by atoms with E-state index in [1.54, 1.807) is 27.7 Å². The summed E-state index contributed by atoms with van der Waals surface area (Å²) >= 11 is 0. The first-order valence-corrected chi connectivity index (χ1v) is 3.70. The van der Waals surface area contributed by atoms with Crippen molar-refractivity contribution in [2.24, 2.45) is 5.41 Å². The molecule has 0 aromatic carbocycles. The van der Waals surface area contributed by atoms with Gasteiger partial charge >= 0.3 is 5.97 Å². The van der Waals surface area contributed by atoms with Crippen molar-refractivity contribution in [1.29, 1.82) is 0 Å². The summed E-state index contributed by atoms with van der Waals surface area (Å²) in [5, 5.41) is 9.61. The summed E-state index contributed by atoms with van der Waals surface area (Å²) in [6.07, 6.45) is -0.720. The Kier molecular flexibility index (Phi) is 1.53. The van der Waals surface area contributed by atoms with Crippen LogP contribution in [0.5, 0.6) is 0 Å². The minimum Gasteiger partial charge on any atom is -0.456 e. The molecule has 0 spiro atoms. The van der Waals surface area contributed by atoms with E-state index in [0.717, 1.165) is 0 Å². The predicted octanol–water partition coefficient (Wildman–Crippen LogP) is 0.709. The fraction of sp³-hybridized carbons (Fsp3) is 0.875. The summed E-state index contributed by atoms with van der Waals surface area (Å²) in [6.45, 7) is 6.80. The zero-order valence-electron chi connectivity index (χ0n) is 7.34. The third-order valence-corrected chi connectivity index (χ3v) is 2.22. The van der Waals surface area contributed by atoms with E-state index in [4.69, 9.17) is 4.74 Å². The Labute approximate surface area is 66.4 Å². The normalized spacial score (nSPS) is 33.5. The topological polar surface area (TPSA) is 46.5 Å². The Morgan fingerprint density at radius 1 is 1.36 bits per heavy atom. The molecule has 1 N–H and O–H groups in total. The first-order chi connectivity index (χ1) is 4.78. The molecule has 0 aliphatic carbocycles. The molecule has 3 heteroatoms. The summed E-state index contributed by atoms with van der Waals surface area (Å²) in [6, 6.07) is 0. The molecule has 1 fully saturated rings. The molecule has 0 amide bonds. The molecule has 1 rings (SSSR count). The lowest BCUT2D eigenvalue weighted by Crippen LogP contribution is -2.39. The van der Waals surface area contributed by atoms with Gasteiger partial charge in [0.1, 0.15) is 11.7 Å². The van der Waals surface area contributed by atoms with Gasteiger partial charge in [-0.05, 0) is 27.7 Å². The van der Waals surface area contributed by atoms with Gasteiger partial charge in [0, 0.05) is 0 Å². The number of hydrogen-bond acceptors (Lipinski definition) is 3. The molecule has 64 valence electrons. The second kappa shape index (κ2) is 1.97. The maximum Gasteiger partial charge on any atom is 0.314 e. The molecule has 0 radical (unpaired) electrons. The third kappa shape index (κ3) is 1.03. The van der Waals surface area contributed by atoms with Crippen LogP contribution in [-0.2, 0) is 9.53 Å². The van der Waals surface area contributed by atoms with Crippen molar-refractivity contribution in [2.45, 2.75) is 39.4 Å². The number of cyclic esters (lactones) is 1. The van der Waals surface area contributed by atoms with E-state index < -0.39 is 17.1 Å². The van der Waals surface area contributed by atoms with Crippen LogP contribution < -0.4 is 0 Å². The van der Waals surface area contributed by atoms with Crippen molar-refractivity contribution in [3.05, 3.63) is 0 Å². The van der Waals surface area contributed by atoms with E-state index in [9.17, 15) is 9.90 Å². The van der Waals surface area contributed by atoms with Crippen molar-refractivity contribution < 1.29 is 14.6 Å². The molecule has 1 saturated heterocycles. The lowest BCUT2D eigenvalue weighted by Gasteiger charge is -2.24. The molecule has 1 aliphatic heterocycles. The van der Waals surface area contributed by atoms with E-state index >= 15 is 0 Å². The van der Waals surface area contributed by atoms with Crippen molar-refractivity contribution in [3.63, 3.8) is 0 Å². The van der Waals surface area contributed by atoms with Crippen LogP contribution in [0.25, 0.3) is 0 Å². The first kappa shape index (κ1) is 8.53. The van der Waals surface area contributed by atoms with Crippen LogP contribution in [0.4, 0.5) is 0 Å². The van der Waals surface area contributed by atoms with Crippen molar-refractivity contribution in [3.8, 4) is 0 Å². The molecule has 1 heterocycles. The molecule has 11 heavy (non-hydrogen) atoms. The number of aliphatic hydroxyl groups is 1. The molecule has 1 atom stereocenters. The zero-order valence-corrected chi connectivity index (χ0v) is 7.34. The maximum atomic E-state index is 11.1. The monoisotopic (exact) mass is 158 g/mol. The Bertz CT molecular complexity index is 194. The Morgan fingerprint density at radius 2 is 1.82 bits per heavy atom. The first-order valence-electron chi connectivity index (χ1n) is 3.70. The van der Waals surface area contributed by atoms with Crippen LogP contribution in [0.2, 0.25) is 0 Å². The average Bonchev–Trinajstić information content (AvgIpc) is 1.94. The van der Waals surface area contributed by atoms with Gasteiger partial charge in [0.15, 0.2) is 0 Å². The fourth-order valence-corrected chi connectivity index (χ4v) is 1.41. The van der Waals surface area contributed by atoms with Gasteiger partial charge in [-0.1, -0.05) is 0 Å². The second-order valence-electron chi connectivity index (χ2n) is 4.12. The highest BCUT2D eigenvalue weighted by molar-refractivity contribution is 5.79. The van der Waals surface area contributed by atoms with Crippen LogP contribution >= 0.6 is 0 Å². The SMILES string of the molecule is CC1(C)OC(=O)C(C)(C)C1O. The summed E-state index contributed by atoms with van der Waals surface area (Å²) in [5.41, 5.74) is -1.50. The molecule has 0 aromatic rings. The maximum absolute atomic E-state index is 11.1. The van der Waals surface area contributed by atoms with Gasteiger partial charge in [0.25, 0.3) is 0 Å². The zero-order chi connectivity index (χ0) is 8.86. The van der Waals surface area contributed by atoms with E-state index in [1.807, 2.05) is 0 Å². The Balaban J connectivity index is 2.98. The summed E-state index contributed by atoms with van der Waals surface area (Å²) in [5.74, 6) is -0.324. The van der Waals surface area contributed by atoms with Crippen LogP contribution in [0, 0.1) is 5.41 Å². The number of ether oxygens (including phenoxy) is 1. The molecule has 3 nitrogen and oxygen atoms in total. The Morgan fingerprint density at radius 3 is 1.91 bits per heavy atom. The smallest absolute Gasteiger partial charge is 0.314 e. The lowest BCUT2D eigenvalue weighted by molar-refractivity contribution is -0.151. The summed E-state index contributed by atoms with van der Waals surface area (Å²) < 4.78 is 4.99. The van der Waals surface area contributed by atoms with Gasteiger partial charge in [0.2, 0.25) is 0 Å². The van der Waals surface area contributed by atoms with Crippen molar-refractivity contribution >= 4 is 5.97 Å². The minimum absolute atomic E-state index is 0.324. The highest BCUT2D eigenvalue weighted by Gasteiger charge is 2.54. The van der Waals surface area contributed by atoms with Gasteiger partial charge in [-0.2, -0.15) is 0 Å². The summed E-state index contributed by atoms with van der Waals surface area (Å²) in [7, 11) is 0. The number of aliphatic hydroxyl groups excluding tert-OH is 1. The fourth-order valence-electron chi connectivity index (χ4n) is 1.41. The molecule has 0 bridgehead atoms. The van der Waals surface area contributed by atoms with Crippen LogP contribution in [0.1, 0.15) is 27.7 Å². The molecule has 1 unspecified atom stereocenters. The highest BCUT2D eigenvalue weighted by Crippen LogP contribution is 2.39. The van der Waals surface area contributed by atoms with Crippen LogP contribution in [0.3, 0.4) is 0 Å². The highest BCUT2D eigenvalue weighted by atomic mass is 16.6. The molecule has 1 aliphatic rings. The van der Waals surface area contributed by atoms with Crippen LogP contribution in [-0.4, -0.2) is 22.8 Å². The van der Waals surface area contributed by atoms with Gasteiger partial charge < -0.3 is 9.84 Å². The van der Waals surface area contributed by atoms with E-state index in [1.165, 1.54) is 0 Å². The van der Waals surface area contributed by atoms with Gasteiger partial charge in [-0.25, -0.2) is 0 Å². The molecular weight excluding hydrogens is 144 g/mol. The van der Waals surface area contributed by atoms with E-state index in [0.29, 0.717) is 0 Å². The standard InChI is InChI=1S/C8H14O3/c1-7(2)5(9)8(3,4)11-6(7)10/h5,9H,1-4H3. The minimum atomic E-state index is -0.760. The largest absolute Gasteiger partial charge is 0.456 e. The third-order valence-electron chi connectivity index (χ3n) is 2.22. The van der Waals surface area contributed by atoms with E-state index in [2.05, 4.69) is 0 Å². The number of carbonyl (C=O) groups excluding carboxylic acids is 1. The molecular formula is C8H14O3. The number of carbonyl (C=O) groups is 1. The van der Waals surface area contributed by atoms with Crippen LogP contribution in [0.15, 0.2) is 0 Å². The average molecular weight is 158 g/mol. The quantitative estimate of drug-likeness (QED) is 0.528. The molecule has 0 saturated carbocycles. The Hall–Kier alpha value is -0.570.